The molecule has 0 N–H and O–H groups in total. The molecule has 0 aliphatic heterocycles. The lowest BCUT2D eigenvalue weighted by atomic mass is 10.2. The number of hydrogen-bond acceptors (Lipinski definition) is 2. The van der Waals surface area contributed by atoms with E-state index in [9.17, 15) is 0 Å². The van der Waals surface area contributed by atoms with Crippen LogP contribution >= 0.6 is 15.9 Å². The van der Waals surface area contributed by atoms with E-state index in [1.165, 1.54) is 0 Å². The lowest BCUT2D eigenvalue weighted by Crippen LogP contribution is -1.92. The number of aromatic nitrogens is 1. The smallest absolute Gasteiger partial charge is 0.102 e. The van der Waals surface area contributed by atoms with Crippen LogP contribution in [0.1, 0.15) is 18.2 Å². The van der Waals surface area contributed by atoms with Crippen molar-refractivity contribution in [3.05, 3.63) is 28.0 Å². The van der Waals surface area contributed by atoms with Crippen LogP contribution in [0.25, 0.3) is 0 Å². The van der Waals surface area contributed by atoms with Crippen molar-refractivity contribution in [2.24, 2.45) is 0 Å². The molecule has 1 aromatic heterocycles. The van der Waals surface area contributed by atoms with Gasteiger partial charge in [0.05, 0.1) is 11.3 Å². The molecular formula is C8H7BrN2. The standard InChI is InChI=1S/C8H7BrN2/c1-2-8-6(5-10)7(9)3-4-11-8/h3-4H,2H2,1H3. The molecule has 1 heterocycles. The van der Waals surface area contributed by atoms with Crippen LogP contribution in [0.5, 0.6) is 0 Å². The van der Waals surface area contributed by atoms with Gasteiger partial charge in [0.15, 0.2) is 0 Å². The Morgan fingerprint density at radius 1 is 1.73 bits per heavy atom. The van der Waals surface area contributed by atoms with Crippen molar-refractivity contribution in [3.63, 3.8) is 0 Å². The van der Waals surface area contributed by atoms with Crippen LogP contribution in [0.2, 0.25) is 0 Å². The monoisotopic (exact) mass is 210 g/mol. The first kappa shape index (κ1) is 8.22. The van der Waals surface area contributed by atoms with Gasteiger partial charge in [-0.3, -0.25) is 4.98 Å². The molecule has 56 valence electrons. The van der Waals surface area contributed by atoms with E-state index in [0.29, 0.717) is 5.56 Å². The van der Waals surface area contributed by atoms with Gasteiger partial charge in [-0.2, -0.15) is 5.26 Å². The number of nitrogens with zero attached hydrogens (tertiary/aromatic N) is 2. The zero-order valence-electron chi connectivity index (χ0n) is 6.13. The van der Waals surface area contributed by atoms with Gasteiger partial charge in [-0.1, -0.05) is 6.92 Å². The fourth-order valence-corrected chi connectivity index (χ4v) is 1.30. The Bertz CT molecular complexity index is 301. The maximum Gasteiger partial charge on any atom is 0.102 e. The molecule has 0 bridgehead atoms. The molecule has 3 heteroatoms. The maximum absolute atomic E-state index is 8.71. The molecule has 0 saturated carbocycles. The van der Waals surface area contributed by atoms with Crippen LogP contribution in [0, 0.1) is 11.3 Å². The molecule has 0 atom stereocenters. The van der Waals surface area contributed by atoms with Gasteiger partial charge in [-0.15, -0.1) is 0 Å². The van der Waals surface area contributed by atoms with E-state index in [-0.39, 0.29) is 0 Å². The highest BCUT2D eigenvalue weighted by Crippen LogP contribution is 2.17. The topological polar surface area (TPSA) is 36.7 Å². The van der Waals surface area contributed by atoms with Crippen LogP contribution in [-0.2, 0) is 6.42 Å². The molecule has 2 nitrogen and oxygen atoms in total. The van der Waals surface area contributed by atoms with Gasteiger partial charge in [-0.25, -0.2) is 0 Å². The van der Waals surface area contributed by atoms with Gasteiger partial charge in [-0.05, 0) is 28.4 Å². The second-order valence-corrected chi connectivity index (χ2v) is 2.93. The molecule has 1 rings (SSSR count). The average molecular weight is 211 g/mol. The third kappa shape index (κ3) is 1.58. The number of halogens is 1. The molecule has 0 unspecified atom stereocenters. The Morgan fingerprint density at radius 3 is 2.91 bits per heavy atom. The summed E-state index contributed by atoms with van der Waals surface area (Å²) in [5, 5.41) is 8.71. The summed E-state index contributed by atoms with van der Waals surface area (Å²) in [5.41, 5.74) is 1.50. The summed E-state index contributed by atoms with van der Waals surface area (Å²) in [4.78, 5) is 4.08. The second-order valence-electron chi connectivity index (χ2n) is 2.08. The Balaban J connectivity index is 3.27. The molecule has 0 saturated heterocycles. The largest absolute Gasteiger partial charge is 0.260 e. The van der Waals surface area contributed by atoms with Gasteiger partial charge in [0, 0.05) is 10.7 Å². The first-order valence-electron chi connectivity index (χ1n) is 3.33. The van der Waals surface area contributed by atoms with Crippen molar-refractivity contribution >= 4 is 15.9 Å². The quantitative estimate of drug-likeness (QED) is 0.714. The summed E-state index contributed by atoms with van der Waals surface area (Å²) in [6, 6.07) is 3.88. The first-order valence-corrected chi connectivity index (χ1v) is 4.12. The van der Waals surface area contributed by atoms with E-state index in [4.69, 9.17) is 5.26 Å². The van der Waals surface area contributed by atoms with Gasteiger partial charge < -0.3 is 0 Å². The van der Waals surface area contributed by atoms with Crippen LogP contribution in [-0.4, -0.2) is 4.98 Å². The van der Waals surface area contributed by atoms with Gasteiger partial charge in [0.1, 0.15) is 6.07 Å². The van der Waals surface area contributed by atoms with Crippen molar-refractivity contribution in [3.8, 4) is 6.07 Å². The number of aryl methyl sites for hydroxylation is 1. The maximum atomic E-state index is 8.71. The zero-order valence-corrected chi connectivity index (χ0v) is 7.72. The van der Waals surface area contributed by atoms with E-state index >= 15 is 0 Å². The minimum atomic E-state index is 0.648. The van der Waals surface area contributed by atoms with E-state index in [0.717, 1.165) is 16.6 Å². The van der Waals surface area contributed by atoms with E-state index in [1.54, 1.807) is 12.3 Å². The summed E-state index contributed by atoms with van der Waals surface area (Å²) >= 11 is 3.29. The van der Waals surface area contributed by atoms with Gasteiger partial charge in [0.2, 0.25) is 0 Å². The summed E-state index contributed by atoms with van der Waals surface area (Å²) in [6.45, 7) is 1.98. The lowest BCUT2D eigenvalue weighted by Gasteiger charge is -1.99. The summed E-state index contributed by atoms with van der Waals surface area (Å²) in [5.74, 6) is 0. The minimum Gasteiger partial charge on any atom is -0.260 e. The highest BCUT2D eigenvalue weighted by molar-refractivity contribution is 9.10. The van der Waals surface area contributed by atoms with Gasteiger partial charge in [0.25, 0.3) is 0 Å². The molecule has 0 aliphatic carbocycles. The summed E-state index contributed by atoms with van der Waals surface area (Å²) < 4.78 is 0.826. The fraction of sp³-hybridized carbons (Fsp3) is 0.250. The Morgan fingerprint density at radius 2 is 2.45 bits per heavy atom. The van der Waals surface area contributed by atoms with Crippen LogP contribution in [0.3, 0.4) is 0 Å². The lowest BCUT2D eigenvalue weighted by molar-refractivity contribution is 1.02. The third-order valence-electron chi connectivity index (χ3n) is 1.43. The molecule has 0 radical (unpaired) electrons. The summed E-state index contributed by atoms with van der Waals surface area (Å²) in [7, 11) is 0. The van der Waals surface area contributed by atoms with Crippen LogP contribution in [0.4, 0.5) is 0 Å². The molecule has 0 spiro atoms. The van der Waals surface area contributed by atoms with E-state index in [1.807, 2.05) is 6.92 Å². The van der Waals surface area contributed by atoms with Crippen molar-refractivity contribution in [2.75, 3.05) is 0 Å². The fourth-order valence-electron chi connectivity index (χ4n) is 0.864. The van der Waals surface area contributed by atoms with E-state index in [2.05, 4.69) is 27.0 Å². The Hall–Kier alpha value is -0.880. The molecule has 0 aromatic carbocycles. The predicted octanol–water partition coefficient (Wildman–Crippen LogP) is 2.28. The minimum absolute atomic E-state index is 0.648. The first-order chi connectivity index (χ1) is 5.29. The SMILES string of the molecule is CCc1nccc(Br)c1C#N. The number of rotatable bonds is 1. The third-order valence-corrected chi connectivity index (χ3v) is 2.09. The summed E-state index contributed by atoms with van der Waals surface area (Å²) in [6.07, 6.45) is 2.49. The van der Waals surface area contributed by atoms with Crippen LogP contribution in [0.15, 0.2) is 16.7 Å². The molecule has 1 aromatic rings. The normalized spacial score (nSPS) is 9.18. The van der Waals surface area contributed by atoms with Crippen molar-refractivity contribution < 1.29 is 0 Å². The van der Waals surface area contributed by atoms with Crippen molar-refractivity contribution in [2.45, 2.75) is 13.3 Å². The van der Waals surface area contributed by atoms with Crippen LogP contribution < -0.4 is 0 Å². The Kier molecular flexibility index (Phi) is 2.61. The molecule has 11 heavy (non-hydrogen) atoms. The number of nitriles is 1. The average Bonchev–Trinajstić information content (AvgIpc) is 2.04. The molecule has 0 aliphatic rings. The van der Waals surface area contributed by atoms with Crippen molar-refractivity contribution in [1.29, 1.82) is 5.26 Å². The van der Waals surface area contributed by atoms with E-state index < -0.39 is 0 Å². The molecule has 0 fully saturated rings. The highest BCUT2D eigenvalue weighted by Gasteiger charge is 2.03. The number of pyridine rings is 1. The van der Waals surface area contributed by atoms with Gasteiger partial charge >= 0.3 is 0 Å². The van der Waals surface area contributed by atoms with Crippen molar-refractivity contribution in [1.82, 2.24) is 4.98 Å². The highest BCUT2D eigenvalue weighted by atomic mass is 79.9. The molecule has 0 amide bonds. The molecular weight excluding hydrogens is 204 g/mol. The second kappa shape index (κ2) is 3.49. The predicted molar refractivity (Wildman–Crippen MR) is 46.0 cm³/mol. The number of hydrogen-bond donors (Lipinski definition) is 0. The zero-order chi connectivity index (χ0) is 8.27. The Labute approximate surface area is 74.0 Å².